The molecule has 0 aliphatic rings. The van der Waals surface area contributed by atoms with E-state index in [1.165, 1.54) is 0 Å². The number of nitrogens with two attached hydrogens (primary N) is 1. The number of aryl methyl sites for hydroxylation is 1. The number of anilines is 1. The van der Waals surface area contributed by atoms with E-state index in [1.54, 1.807) is 12.1 Å². The normalized spacial score (nSPS) is 10.5. The molecule has 0 amide bonds. The molecular weight excluding hydrogens is 161 g/mol. The Morgan fingerprint density at radius 3 is 2.45 bits per heavy atom. The predicted molar refractivity (Wildman–Crippen MR) is 46.6 cm³/mol. The number of nitrogen functional groups attached to an aromatic ring is 1. The van der Waals surface area contributed by atoms with Crippen LogP contribution in [0.2, 0.25) is 0 Å². The monoisotopic (exact) mass is 171 g/mol. The summed E-state index contributed by atoms with van der Waals surface area (Å²) in [6, 6.07) is 5.19. The van der Waals surface area contributed by atoms with Crippen molar-refractivity contribution in [2.45, 2.75) is 6.92 Å². The van der Waals surface area contributed by atoms with Crippen molar-refractivity contribution in [2.75, 3.05) is 5.73 Å². The molecule has 0 heterocycles. The van der Waals surface area contributed by atoms with Gasteiger partial charge in [-0.2, -0.15) is 0 Å². The minimum absolute atomic E-state index is 0.431. The van der Waals surface area contributed by atoms with E-state index < -0.39 is 8.38 Å². The summed E-state index contributed by atoms with van der Waals surface area (Å²) in [6.45, 7) is 1.88. The highest BCUT2D eigenvalue weighted by molar-refractivity contribution is 7.54. The Morgan fingerprint density at radius 1 is 1.36 bits per heavy atom. The van der Waals surface area contributed by atoms with Gasteiger partial charge in [0.25, 0.3) is 0 Å². The molecule has 0 bridgehead atoms. The molecule has 11 heavy (non-hydrogen) atoms. The molecular formula is C7H10NO2P. The second-order valence-electron chi connectivity index (χ2n) is 2.35. The zero-order valence-corrected chi connectivity index (χ0v) is 7.05. The van der Waals surface area contributed by atoms with Crippen LogP contribution in [0.1, 0.15) is 5.56 Å². The Hall–Kier alpha value is -0.630. The SMILES string of the molecule is Cc1ccc(N)c(P(O)O)c1. The highest BCUT2D eigenvalue weighted by atomic mass is 31.2. The van der Waals surface area contributed by atoms with Gasteiger partial charge in [-0.25, -0.2) is 0 Å². The lowest BCUT2D eigenvalue weighted by Crippen LogP contribution is -2.07. The van der Waals surface area contributed by atoms with Crippen LogP contribution in [-0.4, -0.2) is 9.79 Å². The maximum absolute atomic E-state index is 8.87. The minimum atomic E-state index is -2.06. The van der Waals surface area contributed by atoms with Gasteiger partial charge in [0.05, 0.1) is 5.30 Å². The lowest BCUT2D eigenvalue weighted by atomic mass is 10.2. The Morgan fingerprint density at radius 2 is 2.00 bits per heavy atom. The van der Waals surface area contributed by atoms with Crippen molar-refractivity contribution in [3.8, 4) is 0 Å². The van der Waals surface area contributed by atoms with Crippen molar-refractivity contribution in [1.82, 2.24) is 0 Å². The first-order valence-electron chi connectivity index (χ1n) is 3.15. The van der Waals surface area contributed by atoms with E-state index in [0.717, 1.165) is 5.56 Å². The van der Waals surface area contributed by atoms with Crippen LogP contribution >= 0.6 is 8.38 Å². The van der Waals surface area contributed by atoms with Crippen molar-refractivity contribution in [1.29, 1.82) is 0 Å². The Labute approximate surface area is 66.4 Å². The van der Waals surface area contributed by atoms with Crippen molar-refractivity contribution >= 4 is 19.4 Å². The molecule has 0 fully saturated rings. The summed E-state index contributed by atoms with van der Waals surface area (Å²) in [4.78, 5) is 17.7. The van der Waals surface area contributed by atoms with Gasteiger partial charge in [-0.1, -0.05) is 11.6 Å². The average molecular weight is 171 g/mol. The topological polar surface area (TPSA) is 66.5 Å². The van der Waals surface area contributed by atoms with E-state index in [0.29, 0.717) is 11.0 Å². The van der Waals surface area contributed by atoms with Crippen molar-refractivity contribution < 1.29 is 9.79 Å². The van der Waals surface area contributed by atoms with E-state index in [2.05, 4.69) is 0 Å². The summed E-state index contributed by atoms with van der Waals surface area (Å²) in [5, 5.41) is 0.431. The van der Waals surface area contributed by atoms with Crippen LogP contribution in [0.5, 0.6) is 0 Å². The predicted octanol–water partition coefficient (Wildman–Crippen LogP) is 0.499. The van der Waals surface area contributed by atoms with Crippen LogP contribution in [0.25, 0.3) is 0 Å². The molecule has 1 rings (SSSR count). The summed E-state index contributed by atoms with van der Waals surface area (Å²) < 4.78 is 0. The molecule has 60 valence electrons. The molecule has 0 radical (unpaired) electrons. The molecule has 1 aromatic rings. The summed E-state index contributed by atoms with van der Waals surface area (Å²) in [5.74, 6) is 0. The van der Waals surface area contributed by atoms with E-state index in [-0.39, 0.29) is 0 Å². The maximum atomic E-state index is 8.87. The Bertz CT molecular complexity index is 263. The maximum Gasteiger partial charge on any atom is 0.201 e. The summed E-state index contributed by atoms with van der Waals surface area (Å²) in [7, 11) is -2.06. The van der Waals surface area contributed by atoms with Gasteiger partial charge in [-0.15, -0.1) is 0 Å². The Balaban J connectivity index is 3.13. The van der Waals surface area contributed by atoms with Crippen LogP contribution in [0.15, 0.2) is 18.2 Å². The van der Waals surface area contributed by atoms with E-state index in [1.807, 2.05) is 13.0 Å². The number of benzene rings is 1. The molecule has 0 aliphatic heterocycles. The molecule has 0 spiro atoms. The molecule has 0 aromatic heterocycles. The molecule has 3 nitrogen and oxygen atoms in total. The van der Waals surface area contributed by atoms with Gasteiger partial charge in [0.2, 0.25) is 8.38 Å². The van der Waals surface area contributed by atoms with E-state index in [9.17, 15) is 0 Å². The quantitative estimate of drug-likeness (QED) is 0.425. The molecule has 0 saturated heterocycles. The summed E-state index contributed by atoms with van der Waals surface area (Å²) in [6.07, 6.45) is 0. The molecule has 4 heteroatoms. The molecule has 4 N–H and O–H groups in total. The molecule has 1 aromatic carbocycles. The first-order valence-corrected chi connectivity index (χ1v) is 4.40. The highest BCUT2D eigenvalue weighted by Gasteiger charge is 2.07. The van der Waals surface area contributed by atoms with Crippen molar-refractivity contribution in [3.05, 3.63) is 23.8 Å². The highest BCUT2D eigenvalue weighted by Crippen LogP contribution is 2.25. The summed E-state index contributed by atoms with van der Waals surface area (Å²) >= 11 is 0. The number of hydrogen-bond acceptors (Lipinski definition) is 3. The first kappa shape index (κ1) is 8.47. The van der Waals surface area contributed by atoms with Gasteiger partial charge >= 0.3 is 0 Å². The summed E-state index contributed by atoms with van der Waals surface area (Å²) in [5.41, 5.74) is 6.90. The van der Waals surface area contributed by atoms with Gasteiger partial charge in [0.15, 0.2) is 0 Å². The van der Waals surface area contributed by atoms with Gasteiger partial charge in [-0.3, -0.25) is 0 Å². The molecule has 0 aliphatic carbocycles. The smallest absolute Gasteiger partial charge is 0.201 e. The van der Waals surface area contributed by atoms with Gasteiger partial charge < -0.3 is 15.5 Å². The van der Waals surface area contributed by atoms with Crippen molar-refractivity contribution in [3.63, 3.8) is 0 Å². The minimum Gasteiger partial charge on any atom is -0.398 e. The first-order chi connectivity index (χ1) is 5.11. The fourth-order valence-corrected chi connectivity index (χ4v) is 1.45. The third-order valence-electron chi connectivity index (χ3n) is 1.40. The van der Waals surface area contributed by atoms with Crippen LogP contribution < -0.4 is 11.0 Å². The van der Waals surface area contributed by atoms with Crippen LogP contribution in [-0.2, 0) is 0 Å². The molecule has 0 saturated carbocycles. The molecule has 0 unspecified atom stereocenters. The second kappa shape index (κ2) is 3.18. The lowest BCUT2D eigenvalue weighted by molar-refractivity contribution is 0.497. The largest absolute Gasteiger partial charge is 0.398 e. The van der Waals surface area contributed by atoms with Gasteiger partial charge in [0.1, 0.15) is 0 Å². The van der Waals surface area contributed by atoms with E-state index in [4.69, 9.17) is 15.5 Å². The fraction of sp³-hybridized carbons (Fsp3) is 0.143. The van der Waals surface area contributed by atoms with Gasteiger partial charge in [-0.05, 0) is 19.1 Å². The van der Waals surface area contributed by atoms with E-state index >= 15 is 0 Å². The van der Waals surface area contributed by atoms with Crippen LogP contribution in [0.4, 0.5) is 5.69 Å². The lowest BCUT2D eigenvalue weighted by Gasteiger charge is -2.06. The number of rotatable bonds is 1. The van der Waals surface area contributed by atoms with Crippen LogP contribution in [0, 0.1) is 6.92 Å². The second-order valence-corrected chi connectivity index (χ2v) is 3.41. The zero-order valence-electron chi connectivity index (χ0n) is 6.15. The third kappa shape index (κ3) is 1.90. The average Bonchev–Trinajstić information content (AvgIpc) is 1.94. The van der Waals surface area contributed by atoms with Crippen LogP contribution in [0.3, 0.4) is 0 Å². The molecule has 0 atom stereocenters. The fourth-order valence-electron chi connectivity index (χ4n) is 0.827. The standard InChI is InChI=1S/C7H10NO2P/c1-5-2-3-6(8)7(4-5)11(9)10/h2-4,9-10H,8H2,1H3. The Kier molecular flexibility index (Phi) is 2.45. The third-order valence-corrected chi connectivity index (χ3v) is 2.22. The van der Waals surface area contributed by atoms with Crippen molar-refractivity contribution in [2.24, 2.45) is 0 Å². The number of hydrogen-bond donors (Lipinski definition) is 3. The zero-order chi connectivity index (χ0) is 8.43. The van der Waals surface area contributed by atoms with Gasteiger partial charge in [0, 0.05) is 5.69 Å².